The van der Waals surface area contributed by atoms with E-state index in [1.165, 1.54) is 40.5 Å². The Hall–Kier alpha value is -3.08. The first-order valence-corrected chi connectivity index (χ1v) is 12.2. The molecule has 1 aliphatic rings. The molecule has 32 heavy (non-hydrogen) atoms. The fourth-order valence-electron chi connectivity index (χ4n) is 3.98. The predicted molar refractivity (Wildman–Crippen MR) is 130 cm³/mol. The second-order valence-corrected chi connectivity index (χ2v) is 9.87. The summed E-state index contributed by atoms with van der Waals surface area (Å²) < 4.78 is 0. The number of nitrogens with zero attached hydrogens (tertiary/aromatic N) is 1. The Bertz CT molecular complexity index is 1180. The summed E-state index contributed by atoms with van der Waals surface area (Å²) in [5, 5.41) is 16.1. The van der Waals surface area contributed by atoms with Crippen LogP contribution in [-0.4, -0.2) is 17.6 Å². The van der Waals surface area contributed by atoms with Crippen LogP contribution in [0.5, 0.6) is 0 Å². The predicted octanol–water partition coefficient (Wildman–Crippen LogP) is 5.58. The normalized spacial score (nSPS) is 14.8. The minimum Gasteiger partial charge on any atom is -0.326 e. The van der Waals surface area contributed by atoms with E-state index in [1.54, 1.807) is 0 Å². The molecule has 0 aliphatic heterocycles. The number of benzene rings is 2. The molecule has 0 radical (unpaired) electrons. The van der Waals surface area contributed by atoms with Crippen LogP contribution in [0.25, 0.3) is 0 Å². The summed E-state index contributed by atoms with van der Waals surface area (Å²) in [6.07, 6.45) is 2.77. The van der Waals surface area contributed by atoms with E-state index >= 15 is 0 Å². The van der Waals surface area contributed by atoms with Gasteiger partial charge in [0.25, 0.3) is 0 Å². The highest BCUT2D eigenvalue weighted by atomic mass is 32.2. The van der Waals surface area contributed by atoms with Crippen molar-refractivity contribution in [2.45, 2.75) is 37.0 Å². The summed E-state index contributed by atoms with van der Waals surface area (Å²) in [7, 11) is 0. The number of hydrogen-bond acceptors (Lipinski definition) is 5. The first kappa shape index (κ1) is 22.1. The van der Waals surface area contributed by atoms with Crippen molar-refractivity contribution in [3.63, 3.8) is 0 Å². The molecule has 1 atom stereocenters. The molecular weight excluding hydrogens is 438 g/mol. The number of amides is 2. The lowest BCUT2D eigenvalue weighted by atomic mass is 9.83. The lowest BCUT2D eigenvalue weighted by Crippen LogP contribution is -2.14. The number of carbonyl (C=O) groups is 2. The van der Waals surface area contributed by atoms with Crippen molar-refractivity contribution in [3.8, 4) is 6.07 Å². The number of thiophene rings is 1. The average molecular weight is 462 g/mol. The maximum absolute atomic E-state index is 12.6. The van der Waals surface area contributed by atoms with E-state index in [9.17, 15) is 14.9 Å². The highest BCUT2D eigenvalue weighted by molar-refractivity contribution is 8.00. The van der Waals surface area contributed by atoms with Gasteiger partial charge >= 0.3 is 0 Å². The fourth-order valence-corrected chi connectivity index (χ4v) is 6.03. The van der Waals surface area contributed by atoms with E-state index in [2.05, 4.69) is 41.0 Å². The van der Waals surface area contributed by atoms with Crippen LogP contribution in [0.3, 0.4) is 0 Å². The van der Waals surface area contributed by atoms with Gasteiger partial charge in [0, 0.05) is 22.4 Å². The van der Waals surface area contributed by atoms with E-state index in [-0.39, 0.29) is 17.6 Å². The Morgan fingerprint density at radius 1 is 1.16 bits per heavy atom. The third-order valence-electron chi connectivity index (χ3n) is 5.43. The molecule has 0 spiro atoms. The average Bonchev–Trinajstić information content (AvgIpc) is 3.14. The molecule has 1 heterocycles. The Labute approximate surface area is 195 Å². The van der Waals surface area contributed by atoms with Crippen molar-refractivity contribution in [2.75, 3.05) is 16.4 Å². The molecule has 2 N–H and O–H groups in total. The number of rotatable bonds is 6. The minimum atomic E-state index is -0.144. The van der Waals surface area contributed by atoms with Gasteiger partial charge in [-0.3, -0.25) is 9.59 Å². The maximum Gasteiger partial charge on any atom is 0.235 e. The zero-order valence-corrected chi connectivity index (χ0v) is 19.3. The third kappa shape index (κ3) is 5.21. The van der Waals surface area contributed by atoms with Gasteiger partial charge < -0.3 is 10.6 Å². The molecule has 0 saturated carbocycles. The van der Waals surface area contributed by atoms with Crippen LogP contribution in [-0.2, 0) is 22.4 Å². The fraction of sp³-hybridized carbons (Fsp3) is 0.240. The van der Waals surface area contributed by atoms with Crippen molar-refractivity contribution >= 4 is 45.6 Å². The van der Waals surface area contributed by atoms with Gasteiger partial charge in [-0.1, -0.05) is 36.4 Å². The number of carbonyl (C=O) groups excluding carboxylic acids is 2. The Morgan fingerprint density at radius 3 is 2.72 bits per heavy atom. The number of hydrogen-bond donors (Lipinski definition) is 2. The highest BCUT2D eigenvalue weighted by Crippen LogP contribution is 2.42. The monoisotopic (exact) mass is 461 g/mol. The summed E-state index contributed by atoms with van der Waals surface area (Å²) >= 11 is 2.93. The third-order valence-corrected chi connectivity index (χ3v) is 7.59. The molecular formula is C25H23N3O2S2. The minimum absolute atomic E-state index is 0.134. The van der Waals surface area contributed by atoms with Crippen LogP contribution in [0, 0.1) is 11.3 Å². The van der Waals surface area contributed by atoms with Crippen LogP contribution in [0.2, 0.25) is 0 Å². The van der Waals surface area contributed by atoms with Gasteiger partial charge in [-0.05, 0) is 54.5 Å². The second-order valence-electron chi connectivity index (χ2n) is 7.72. The van der Waals surface area contributed by atoms with E-state index in [0.29, 0.717) is 22.2 Å². The highest BCUT2D eigenvalue weighted by Gasteiger charge is 2.27. The summed E-state index contributed by atoms with van der Waals surface area (Å²) in [4.78, 5) is 25.9. The van der Waals surface area contributed by atoms with Crippen LogP contribution in [0.1, 0.15) is 40.8 Å². The molecule has 0 saturated heterocycles. The van der Waals surface area contributed by atoms with Crippen LogP contribution < -0.4 is 10.6 Å². The van der Waals surface area contributed by atoms with Gasteiger partial charge in [0.2, 0.25) is 11.8 Å². The van der Waals surface area contributed by atoms with Gasteiger partial charge in [0.15, 0.2) is 0 Å². The van der Waals surface area contributed by atoms with Crippen molar-refractivity contribution in [1.29, 1.82) is 5.26 Å². The van der Waals surface area contributed by atoms with E-state index < -0.39 is 0 Å². The molecule has 1 unspecified atom stereocenters. The van der Waals surface area contributed by atoms with E-state index in [0.717, 1.165) is 29.7 Å². The lowest BCUT2D eigenvalue weighted by Gasteiger charge is -2.22. The lowest BCUT2D eigenvalue weighted by molar-refractivity contribution is -0.114. The zero-order chi connectivity index (χ0) is 22.5. The molecule has 5 nitrogen and oxygen atoms in total. The van der Waals surface area contributed by atoms with E-state index in [4.69, 9.17) is 0 Å². The molecule has 0 bridgehead atoms. The summed E-state index contributed by atoms with van der Waals surface area (Å²) in [6, 6.07) is 20.2. The number of nitriles is 1. The first-order chi connectivity index (χ1) is 15.5. The standard InChI is InChI=1S/C25H23N3O2S2/c1-16(29)27-19-8-5-9-20(13-19)31-15-24(30)28-25-22(14-26)21-11-10-18(12-23(21)32-25)17-6-3-2-4-7-17/h2-9,13,18H,10-12,15H2,1H3,(H,27,29)(H,28,30). The van der Waals surface area contributed by atoms with Crippen molar-refractivity contribution < 1.29 is 9.59 Å². The van der Waals surface area contributed by atoms with Crippen molar-refractivity contribution in [3.05, 3.63) is 76.2 Å². The van der Waals surface area contributed by atoms with Gasteiger partial charge in [-0.25, -0.2) is 0 Å². The first-order valence-electron chi connectivity index (χ1n) is 10.4. The molecule has 7 heteroatoms. The quantitative estimate of drug-likeness (QED) is 0.470. The molecule has 1 aliphatic carbocycles. The van der Waals surface area contributed by atoms with Crippen molar-refractivity contribution in [2.24, 2.45) is 0 Å². The Kier molecular flexibility index (Phi) is 6.93. The zero-order valence-electron chi connectivity index (χ0n) is 17.7. The van der Waals surface area contributed by atoms with Gasteiger partial charge in [-0.15, -0.1) is 23.1 Å². The molecule has 3 aromatic rings. The van der Waals surface area contributed by atoms with Gasteiger partial charge in [0.05, 0.1) is 11.3 Å². The summed E-state index contributed by atoms with van der Waals surface area (Å²) in [6.45, 7) is 1.46. The summed E-state index contributed by atoms with van der Waals surface area (Å²) in [5.74, 6) is 0.396. The SMILES string of the molecule is CC(=O)Nc1cccc(SCC(=O)Nc2sc3c(c2C#N)CCC(c2ccccc2)C3)c1. The number of anilines is 2. The number of thioether (sulfide) groups is 1. The smallest absolute Gasteiger partial charge is 0.235 e. The maximum atomic E-state index is 12.6. The van der Waals surface area contributed by atoms with E-state index in [1.807, 2.05) is 30.3 Å². The number of nitrogens with one attached hydrogen (secondary N) is 2. The summed E-state index contributed by atoms with van der Waals surface area (Å²) in [5.41, 5.74) is 3.74. The van der Waals surface area contributed by atoms with Crippen LogP contribution >= 0.6 is 23.1 Å². The molecule has 4 rings (SSSR count). The second kappa shape index (κ2) is 10.0. The number of fused-ring (bicyclic) bond motifs is 1. The Balaban J connectivity index is 1.42. The topological polar surface area (TPSA) is 82.0 Å². The molecule has 162 valence electrons. The molecule has 0 fully saturated rings. The van der Waals surface area contributed by atoms with Crippen molar-refractivity contribution in [1.82, 2.24) is 0 Å². The molecule has 1 aromatic heterocycles. The van der Waals surface area contributed by atoms with Crippen LogP contribution in [0.4, 0.5) is 10.7 Å². The van der Waals surface area contributed by atoms with Crippen LogP contribution in [0.15, 0.2) is 59.5 Å². The van der Waals surface area contributed by atoms with Gasteiger partial charge in [-0.2, -0.15) is 5.26 Å². The molecule has 2 aromatic carbocycles. The largest absolute Gasteiger partial charge is 0.326 e. The molecule has 2 amide bonds. The van der Waals surface area contributed by atoms with Gasteiger partial charge in [0.1, 0.15) is 11.1 Å². The Morgan fingerprint density at radius 2 is 1.97 bits per heavy atom.